The molecule has 25 heavy (non-hydrogen) atoms. The highest BCUT2D eigenvalue weighted by molar-refractivity contribution is 5.95. The molecule has 1 aromatic rings. The molecule has 0 radical (unpaired) electrons. The molecule has 0 saturated carbocycles. The number of amides is 2. The highest BCUT2D eigenvalue weighted by Gasteiger charge is 2.38. The van der Waals surface area contributed by atoms with Crippen LogP contribution in [0, 0.1) is 5.41 Å². The Kier molecular flexibility index (Phi) is 5.29. The summed E-state index contributed by atoms with van der Waals surface area (Å²) in [4.78, 5) is 27.1. The summed E-state index contributed by atoms with van der Waals surface area (Å²) < 4.78 is 36.7. The van der Waals surface area contributed by atoms with Crippen LogP contribution in [0.1, 0.15) is 20.8 Å². The first-order valence-electron chi connectivity index (χ1n) is 8.01. The average molecular weight is 357 g/mol. The van der Waals surface area contributed by atoms with Gasteiger partial charge in [0.15, 0.2) is 0 Å². The van der Waals surface area contributed by atoms with Crippen LogP contribution in [0.4, 0.5) is 24.5 Å². The SMILES string of the molecule is CC(C)(C)C(=O)N1CCN(c2ccc(NC(=O)C(F)(F)F)cc2)CC1. The van der Waals surface area contributed by atoms with Gasteiger partial charge in [0.25, 0.3) is 0 Å². The van der Waals surface area contributed by atoms with E-state index in [2.05, 4.69) is 4.90 Å². The summed E-state index contributed by atoms with van der Waals surface area (Å²) >= 11 is 0. The third-order valence-corrected chi connectivity index (χ3v) is 3.96. The fraction of sp³-hybridized carbons (Fsp3) is 0.529. The number of nitrogens with zero attached hydrogens (tertiary/aromatic N) is 2. The molecule has 2 rings (SSSR count). The van der Waals surface area contributed by atoms with Crippen molar-refractivity contribution in [1.82, 2.24) is 4.90 Å². The monoisotopic (exact) mass is 357 g/mol. The van der Waals surface area contributed by atoms with Gasteiger partial charge in [-0.1, -0.05) is 20.8 Å². The van der Waals surface area contributed by atoms with Crippen molar-refractivity contribution in [1.29, 1.82) is 0 Å². The zero-order valence-electron chi connectivity index (χ0n) is 14.5. The molecule has 1 fully saturated rings. The predicted molar refractivity (Wildman–Crippen MR) is 89.4 cm³/mol. The lowest BCUT2D eigenvalue weighted by Crippen LogP contribution is -2.51. The van der Waals surface area contributed by atoms with Gasteiger partial charge in [-0.05, 0) is 24.3 Å². The molecule has 0 aliphatic carbocycles. The summed E-state index contributed by atoms with van der Waals surface area (Å²) in [6, 6.07) is 6.19. The number of piperazine rings is 1. The van der Waals surface area contributed by atoms with Crippen LogP contribution >= 0.6 is 0 Å². The number of rotatable bonds is 2. The third kappa shape index (κ3) is 4.87. The van der Waals surface area contributed by atoms with Gasteiger partial charge in [0, 0.05) is 43.0 Å². The Balaban J connectivity index is 1.94. The van der Waals surface area contributed by atoms with Crippen LogP contribution in [-0.2, 0) is 9.59 Å². The van der Waals surface area contributed by atoms with Gasteiger partial charge in [0.05, 0.1) is 0 Å². The normalized spacial score (nSPS) is 15.9. The molecule has 2 amide bonds. The quantitative estimate of drug-likeness (QED) is 0.886. The molecule has 0 spiro atoms. The van der Waals surface area contributed by atoms with Gasteiger partial charge in [0.1, 0.15) is 0 Å². The second-order valence-electron chi connectivity index (χ2n) is 7.03. The topological polar surface area (TPSA) is 52.7 Å². The molecule has 5 nitrogen and oxygen atoms in total. The minimum absolute atomic E-state index is 0.0904. The van der Waals surface area contributed by atoms with Crippen LogP contribution in [0.25, 0.3) is 0 Å². The first-order valence-corrected chi connectivity index (χ1v) is 8.01. The van der Waals surface area contributed by atoms with E-state index < -0.39 is 17.5 Å². The second kappa shape index (κ2) is 6.93. The predicted octanol–water partition coefficient (Wildman–Crippen LogP) is 2.88. The van der Waals surface area contributed by atoms with Crippen LogP contribution in [-0.4, -0.2) is 49.1 Å². The number of carbonyl (C=O) groups excluding carboxylic acids is 2. The smallest absolute Gasteiger partial charge is 0.368 e. The molecule has 1 N–H and O–H groups in total. The number of nitrogens with one attached hydrogen (secondary N) is 1. The van der Waals surface area contributed by atoms with Crippen molar-refractivity contribution in [3.8, 4) is 0 Å². The summed E-state index contributed by atoms with van der Waals surface area (Å²) in [7, 11) is 0. The number of carbonyl (C=O) groups is 2. The molecule has 0 aromatic heterocycles. The zero-order valence-corrected chi connectivity index (χ0v) is 14.5. The number of benzene rings is 1. The summed E-state index contributed by atoms with van der Waals surface area (Å²) in [6.07, 6.45) is -4.91. The van der Waals surface area contributed by atoms with Gasteiger partial charge in [-0.25, -0.2) is 0 Å². The average Bonchev–Trinajstić information content (AvgIpc) is 2.53. The maximum Gasteiger partial charge on any atom is 0.471 e. The first kappa shape index (κ1) is 19.1. The maximum absolute atomic E-state index is 12.3. The van der Waals surface area contributed by atoms with E-state index in [1.165, 1.54) is 12.1 Å². The highest BCUT2D eigenvalue weighted by atomic mass is 19.4. The van der Waals surface area contributed by atoms with E-state index in [0.717, 1.165) is 5.69 Å². The minimum Gasteiger partial charge on any atom is -0.368 e. The van der Waals surface area contributed by atoms with Crippen molar-refractivity contribution >= 4 is 23.2 Å². The summed E-state index contributed by atoms with van der Waals surface area (Å²) in [5.74, 6) is -1.88. The summed E-state index contributed by atoms with van der Waals surface area (Å²) in [5, 5.41) is 1.82. The van der Waals surface area contributed by atoms with Gasteiger partial charge in [-0.3, -0.25) is 9.59 Å². The lowest BCUT2D eigenvalue weighted by atomic mass is 9.94. The Morgan fingerprint density at radius 1 is 0.960 bits per heavy atom. The Bertz CT molecular complexity index is 628. The van der Waals surface area contributed by atoms with Crippen LogP contribution in [0.3, 0.4) is 0 Å². The number of hydrogen-bond donors (Lipinski definition) is 1. The van der Waals surface area contributed by atoms with Crippen molar-refractivity contribution < 1.29 is 22.8 Å². The number of halogens is 3. The van der Waals surface area contributed by atoms with Crippen molar-refractivity contribution in [2.75, 3.05) is 36.4 Å². The van der Waals surface area contributed by atoms with Crippen LogP contribution in [0.2, 0.25) is 0 Å². The standard InChI is InChI=1S/C17H22F3N3O2/c1-16(2,3)15(25)23-10-8-22(9-11-23)13-6-4-12(5-7-13)21-14(24)17(18,19)20/h4-7H,8-11H2,1-3H3,(H,21,24). The van der Waals surface area contributed by atoms with Crippen LogP contribution in [0.5, 0.6) is 0 Å². The van der Waals surface area contributed by atoms with E-state index >= 15 is 0 Å². The molecule has 1 aliphatic heterocycles. The molecule has 1 aromatic carbocycles. The molecule has 1 heterocycles. The maximum atomic E-state index is 12.3. The summed E-state index contributed by atoms with van der Waals surface area (Å²) in [5.41, 5.74) is 0.515. The number of anilines is 2. The van der Waals surface area contributed by atoms with E-state index in [0.29, 0.717) is 26.2 Å². The first-order chi connectivity index (χ1) is 11.5. The van der Waals surface area contributed by atoms with Gasteiger partial charge in [-0.2, -0.15) is 13.2 Å². The Morgan fingerprint density at radius 2 is 1.48 bits per heavy atom. The van der Waals surface area contributed by atoms with Gasteiger partial charge < -0.3 is 15.1 Å². The fourth-order valence-electron chi connectivity index (χ4n) is 2.60. The van der Waals surface area contributed by atoms with Crippen molar-refractivity contribution in [2.24, 2.45) is 5.41 Å². The second-order valence-corrected chi connectivity index (χ2v) is 7.03. The molecule has 1 saturated heterocycles. The number of hydrogen-bond acceptors (Lipinski definition) is 3. The molecule has 0 unspecified atom stereocenters. The molecule has 138 valence electrons. The Morgan fingerprint density at radius 3 is 1.92 bits per heavy atom. The molecular formula is C17H22F3N3O2. The van der Waals surface area contributed by atoms with Crippen LogP contribution in [0.15, 0.2) is 24.3 Å². The third-order valence-electron chi connectivity index (χ3n) is 3.96. The Labute approximate surface area is 144 Å². The van der Waals surface area contributed by atoms with E-state index in [1.54, 1.807) is 12.1 Å². The molecule has 0 atom stereocenters. The number of alkyl halides is 3. The molecule has 0 bridgehead atoms. The highest BCUT2D eigenvalue weighted by Crippen LogP contribution is 2.23. The molecule has 8 heteroatoms. The van der Waals surface area contributed by atoms with Crippen molar-refractivity contribution in [2.45, 2.75) is 26.9 Å². The summed E-state index contributed by atoms with van der Waals surface area (Å²) in [6.45, 7) is 8.15. The lowest BCUT2D eigenvalue weighted by Gasteiger charge is -2.38. The van der Waals surface area contributed by atoms with E-state index in [-0.39, 0.29) is 11.6 Å². The van der Waals surface area contributed by atoms with Crippen LogP contribution < -0.4 is 10.2 Å². The van der Waals surface area contributed by atoms with E-state index in [4.69, 9.17) is 0 Å². The molecular weight excluding hydrogens is 335 g/mol. The minimum atomic E-state index is -4.91. The van der Waals surface area contributed by atoms with Gasteiger partial charge >= 0.3 is 12.1 Å². The van der Waals surface area contributed by atoms with E-state index in [9.17, 15) is 22.8 Å². The van der Waals surface area contributed by atoms with Crippen molar-refractivity contribution in [3.05, 3.63) is 24.3 Å². The largest absolute Gasteiger partial charge is 0.471 e. The molecule has 1 aliphatic rings. The van der Waals surface area contributed by atoms with E-state index in [1.807, 2.05) is 31.0 Å². The van der Waals surface area contributed by atoms with Gasteiger partial charge in [0.2, 0.25) is 5.91 Å². The fourth-order valence-corrected chi connectivity index (χ4v) is 2.60. The van der Waals surface area contributed by atoms with Gasteiger partial charge in [-0.15, -0.1) is 0 Å². The Hall–Kier alpha value is -2.25. The van der Waals surface area contributed by atoms with Crippen molar-refractivity contribution in [3.63, 3.8) is 0 Å². The lowest BCUT2D eigenvalue weighted by molar-refractivity contribution is -0.167. The zero-order chi connectivity index (χ0) is 18.8.